The molecule has 2 atom stereocenters. The van der Waals surface area contributed by atoms with Gasteiger partial charge in [0.15, 0.2) is 0 Å². The van der Waals surface area contributed by atoms with Crippen molar-refractivity contribution in [3.05, 3.63) is 0 Å². The molecule has 2 heteroatoms. The van der Waals surface area contributed by atoms with Crippen LogP contribution in [0.1, 0.15) is 58.3 Å². The first kappa shape index (κ1) is 12.5. The van der Waals surface area contributed by atoms with Crippen LogP contribution in [0.4, 0.5) is 0 Å². The molecule has 2 rings (SSSR count). The molecule has 1 nitrogen and oxygen atoms in total. The summed E-state index contributed by atoms with van der Waals surface area (Å²) in [5, 5.41) is 0.772. The molecule has 92 valence electrons. The third-order valence-electron chi connectivity index (χ3n) is 4.16. The lowest BCUT2D eigenvalue weighted by Gasteiger charge is -2.26. The fourth-order valence-corrected chi connectivity index (χ4v) is 4.53. The Kier molecular flexibility index (Phi) is 4.75. The van der Waals surface area contributed by atoms with E-state index in [0.29, 0.717) is 11.7 Å². The molecular weight excluding hydrogens is 216 g/mol. The topological polar surface area (TPSA) is 17.1 Å². The van der Waals surface area contributed by atoms with Gasteiger partial charge < -0.3 is 0 Å². The maximum Gasteiger partial charge on any atom is 0.145 e. The van der Waals surface area contributed by atoms with Crippen LogP contribution in [0, 0.1) is 11.8 Å². The highest BCUT2D eigenvalue weighted by molar-refractivity contribution is 8.00. The summed E-state index contributed by atoms with van der Waals surface area (Å²) in [5.41, 5.74) is 0. The molecule has 0 amide bonds. The van der Waals surface area contributed by atoms with Gasteiger partial charge >= 0.3 is 0 Å². The Hall–Kier alpha value is 0.0200. The summed E-state index contributed by atoms with van der Waals surface area (Å²) in [6.45, 7) is 2.35. The molecule has 0 spiro atoms. The smallest absolute Gasteiger partial charge is 0.145 e. The van der Waals surface area contributed by atoms with E-state index >= 15 is 0 Å². The van der Waals surface area contributed by atoms with Gasteiger partial charge in [0.25, 0.3) is 0 Å². The third kappa shape index (κ3) is 3.51. The summed E-state index contributed by atoms with van der Waals surface area (Å²) >= 11 is 1.95. The molecule has 0 aromatic rings. The Morgan fingerprint density at radius 2 is 1.88 bits per heavy atom. The predicted octanol–water partition coefficient (Wildman–Crippen LogP) is 4.06. The summed E-state index contributed by atoms with van der Waals surface area (Å²) in [6.07, 6.45) is 10.3. The van der Waals surface area contributed by atoms with Crippen LogP contribution in [0.2, 0.25) is 0 Å². The van der Waals surface area contributed by atoms with Crippen molar-refractivity contribution in [1.29, 1.82) is 0 Å². The number of rotatable bonds is 4. The average molecular weight is 240 g/mol. The van der Waals surface area contributed by atoms with Crippen molar-refractivity contribution in [1.82, 2.24) is 0 Å². The molecule has 2 saturated carbocycles. The molecule has 2 fully saturated rings. The van der Waals surface area contributed by atoms with E-state index < -0.39 is 0 Å². The van der Waals surface area contributed by atoms with Crippen molar-refractivity contribution in [3.63, 3.8) is 0 Å². The lowest BCUT2D eigenvalue weighted by molar-refractivity contribution is -0.120. The molecule has 16 heavy (non-hydrogen) atoms. The largest absolute Gasteiger partial charge is 0.298 e. The summed E-state index contributed by atoms with van der Waals surface area (Å²) in [6, 6.07) is 0. The predicted molar refractivity (Wildman–Crippen MR) is 70.8 cm³/mol. The standard InChI is InChI=1S/C14H24OS/c1-11-5-4-8-13(9-11)16-10-14(15)12-6-2-3-7-12/h11-13H,2-10H2,1H3. The average Bonchev–Trinajstić information content (AvgIpc) is 2.79. The van der Waals surface area contributed by atoms with E-state index in [4.69, 9.17) is 0 Å². The van der Waals surface area contributed by atoms with E-state index in [0.717, 1.165) is 16.9 Å². The van der Waals surface area contributed by atoms with Gasteiger partial charge in [0, 0.05) is 11.2 Å². The van der Waals surface area contributed by atoms with Gasteiger partial charge in [0.1, 0.15) is 5.78 Å². The first-order valence-electron chi connectivity index (χ1n) is 6.90. The normalized spacial score (nSPS) is 31.8. The number of carbonyl (C=O) groups is 1. The molecule has 0 aliphatic heterocycles. The second-order valence-electron chi connectivity index (χ2n) is 5.65. The van der Waals surface area contributed by atoms with Crippen LogP contribution in [0.15, 0.2) is 0 Å². The van der Waals surface area contributed by atoms with Crippen LogP contribution in [-0.2, 0) is 4.79 Å². The lowest BCUT2D eigenvalue weighted by Crippen LogP contribution is -2.19. The van der Waals surface area contributed by atoms with Crippen molar-refractivity contribution >= 4 is 17.5 Å². The highest BCUT2D eigenvalue weighted by Gasteiger charge is 2.25. The second kappa shape index (κ2) is 6.09. The molecule has 0 radical (unpaired) electrons. The monoisotopic (exact) mass is 240 g/mol. The number of thioether (sulfide) groups is 1. The minimum Gasteiger partial charge on any atom is -0.298 e. The van der Waals surface area contributed by atoms with E-state index in [9.17, 15) is 4.79 Å². The summed E-state index contributed by atoms with van der Waals surface area (Å²) in [5.74, 6) is 2.64. The third-order valence-corrected chi connectivity index (χ3v) is 5.51. The maximum atomic E-state index is 11.9. The minimum absolute atomic E-state index is 0.425. The van der Waals surface area contributed by atoms with Crippen LogP contribution < -0.4 is 0 Å². The summed E-state index contributed by atoms with van der Waals surface area (Å²) in [7, 11) is 0. The number of hydrogen-bond acceptors (Lipinski definition) is 2. The van der Waals surface area contributed by atoms with Gasteiger partial charge in [-0.15, -0.1) is 0 Å². The van der Waals surface area contributed by atoms with Crippen molar-refractivity contribution in [2.45, 2.75) is 63.5 Å². The zero-order valence-corrected chi connectivity index (χ0v) is 11.2. The van der Waals surface area contributed by atoms with Crippen LogP contribution in [0.25, 0.3) is 0 Å². The highest BCUT2D eigenvalue weighted by Crippen LogP contribution is 2.33. The first-order chi connectivity index (χ1) is 7.75. The van der Waals surface area contributed by atoms with Gasteiger partial charge in [-0.1, -0.05) is 32.6 Å². The Morgan fingerprint density at radius 3 is 2.56 bits per heavy atom. The molecule has 0 heterocycles. The van der Waals surface area contributed by atoms with Gasteiger partial charge in [-0.25, -0.2) is 0 Å². The molecule has 0 bridgehead atoms. The van der Waals surface area contributed by atoms with E-state index in [1.54, 1.807) is 0 Å². The van der Waals surface area contributed by atoms with Crippen molar-refractivity contribution < 1.29 is 4.79 Å². The lowest BCUT2D eigenvalue weighted by atomic mass is 9.91. The molecule has 0 N–H and O–H groups in total. The number of Topliss-reactive ketones (excluding diaryl/α,β-unsaturated/α-hetero) is 1. The number of hydrogen-bond donors (Lipinski definition) is 0. The second-order valence-corrected chi connectivity index (χ2v) is 6.94. The van der Waals surface area contributed by atoms with Crippen molar-refractivity contribution in [2.75, 3.05) is 5.75 Å². The molecular formula is C14H24OS. The summed E-state index contributed by atoms with van der Waals surface area (Å²) in [4.78, 5) is 11.9. The minimum atomic E-state index is 0.425. The fourth-order valence-electron chi connectivity index (χ4n) is 3.10. The van der Waals surface area contributed by atoms with E-state index in [1.165, 1.54) is 51.4 Å². The maximum absolute atomic E-state index is 11.9. The van der Waals surface area contributed by atoms with Gasteiger partial charge in [-0.05, 0) is 31.6 Å². The Balaban J connectivity index is 1.67. The van der Waals surface area contributed by atoms with Crippen LogP contribution in [0.5, 0.6) is 0 Å². The Bertz CT molecular complexity index is 233. The Morgan fingerprint density at radius 1 is 1.12 bits per heavy atom. The summed E-state index contributed by atoms with van der Waals surface area (Å²) < 4.78 is 0. The van der Waals surface area contributed by atoms with Crippen LogP contribution >= 0.6 is 11.8 Å². The Labute approximate surface area is 104 Å². The molecule has 0 aromatic carbocycles. The molecule has 2 aliphatic rings. The van der Waals surface area contributed by atoms with Crippen molar-refractivity contribution in [2.24, 2.45) is 11.8 Å². The number of carbonyl (C=O) groups excluding carboxylic acids is 1. The molecule has 2 aliphatic carbocycles. The number of ketones is 1. The van der Waals surface area contributed by atoms with E-state index in [1.807, 2.05) is 11.8 Å². The van der Waals surface area contributed by atoms with Gasteiger partial charge in [-0.2, -0.15) is 11.8 Å². The SMILES string of the molecule is CC1CCCC(SCC(=O)C2CCCC2)C1. The fraction of sp³-hybridized carbons (Fsp3) is 0.929. The van der Waals surface area contributed by atoms with Crippen LogP contribution in [0.3, 0.4) is 0 Å². The van der Waals surface area contributed by atoms with E-state index in [-0.39, 0.29) is 0 Å². The molecule has 0 aromatic heterocycles. The van der Waals surface area contributed by atoms with E-state index in [2.05, 4.69) is 6.92 Å². The zero-order chi connectivity index (χ0) is 11.4. The molecule has 2 unspecified atom stereocenters. The van der Waals surface area contributed by atoms with Gasteiger partial charge in [-0.3, -0.25) is 4.79 Å². The van der Waals surface area contributed by atoms with Crippen LogP contribution in [-0.4, -0.2) is 16.8 Å². The van der Waals surface area contributed by atoms with Gasteiger partial charge in [0.2, 0.25) is 0 Å². The first-order valence-corrected chi connectivity index (χ1v) is 7.95. The zero-order valence-electron chi connectivity index (χ0n) is 10.4. The highest BCUT2D eigenvalue weighted by atomic mass is 32.2. The van der Waals surface area contributed by atoms with Crippen molar-refractivity contribution in [3.8, 4) is 0 Å². The van der Waals surface area contributed by atoms with Gasteiger partial charge in [0.05, 0.1) is 5.75 Å². The quantitative estimate of drug-likeness (QED) is 0.737. The molecule has 0 saturated heterocycles.